The van der Waals surface area contributed by atoms with Crippen LogP contribution in [0.3, 0.4) is 0 Å². The van der Waals surface area contributed by atoms with Crippen LogP contribution in [0.1, 0.15) is 12.5 Å². The number of aliphatic hydroxyl groups is 1. The van der Waals surface area contributed by atoms with Gasteiger partial charge in [-0.3, -0.25) is 5.10 Å². The molecule has 5 N–H and O–H groups in total. The van der Waals surface area contributed by atoms with Gasteiger partial charge in [0.15, 0.2) is 6.04 Å². The lowest BCUT2D eigenvalue weighted by Crippen LogP contribution is -2.50. The largest absolute Gasteiger partial charge is 0.480 e. The summed E-state index contributed by atoms with van der Waals surface area (Å²) in [5.41, 5.74) is 0.754. The van der Waals surface area contributed by atoms with Crippen molar-refractivity contribution in [2.45, 2.75) is 25.6 Å². The molecule has 1 heterocycles. The van der Waals surface area contributed by atoms with Crippen molar-refractivity contribution in [3.63, 3.8) is 0 Å². The van der Waals surface area contributed by atoms with Crippen molar-refractivity contribution in [1.82, 2.24) is 20.8 Å². The minimum atomic E-state index is -1.33. The number of hydrogen-bond acceptors (Lipinski definition) is 4. The van der Waals surface area contributed by atoms with Gasteiger partial charge in [-0.05, 0) is 6.92 Å². The van der Waals surface area contributed by atoms with Crippen LogP contribution in [0, 0.1) is 0 Å². The third-order valence-corrected chi connectivity index (χ3v) is 2.04. The summed E-state index contributed by atoms with van der Waals surface area (Å²) in [4.78, 5) is 22.0. The third kappa shape index (κ3) is 4.11. The van der Waals surface area contributed by atoms with E-state index in [0.29, 0.717) is 0 Å². The zero-order chi connectivity index (χ0) is 12.8. The first-order valence-corrected chi connectivity index (χ1v) is 4.93. The number of rotatable bonds is 5. The molecule has 0 radical (unpaired) electrons. The van der Waals surface area contributed by atoms with Crippen LogP contribution in [0.5, 0.6) is 0 Å². The van der Waals surface area contributed by atoms with E-state index in [9.17, 15) is 9.59 Å². The van der Waals surface area contributed by atoms with E-state index < -0.39 is 24.1 Å². The quantitative estimate of drug-likeness (QED) is 0.454. The lowest BCUT2D eigenvalue weighted by Gasteiger charge is -2.17. The molecule has 2 atom stereocenters. The second-order valence-corrected chi connectivity index (χ2v) is 3.49. The van der Waals surface area contributed by atoms with Crippen LogP contribution in [0.4, 0.5) is 4.79 Å². The molecule has 1 aromatic heterocycles. The Kier molecular flexibility index (Phi) is 4.46. The van der Waals surface area contributed by atoms with Crippen molar-refractivity contribution in [2.24, 2.45) is 0 Å². The highest BCUT2D eigenvalue weighted by Crippen LogP contribution is 1.94. The predicted octanol–water partition coefficient (Wildman–Crippen LogP) is -0.957. The molecule has 0 saturated heterocycles. The molecule has 0 saturated carbocycles. The van der Waals surface area contributed by atoms with E-state index in [4.69, 9.17) is 10.2 Å². The molecule has 0 aliphatic rings. The number of carboxylic acids is 1. The van der Waals surface area contributed by atoms with Gasteiger partial charge in [0.05, 0.1) is 12.3 Å². The SMILES string of the molecule is CC(O)C(NC(=O)NCc1cn[nH]c1)C(=O)O. The standard InChI is InChI=1S/C9H14N4O4/c1-5(14)7(8(15)16)13-9(17)10-2-6-3-11-12-4-6/h3-5,7,14H,2H2,1H3,(H,11,12)(H,15,16)(H2,10,13,17). The maximum Gasteiger partial charge on any atom is 0.328 e. The van der Waals surface area contributed by atoms with Crippen molar-refractivity contribution in [1.29, 1.82) is 0 Å². The van der Waals surface area contributed by atoms with Gasteiger partial charge in [-0.2, -0.15) is 5.10 Å². The lowest BCUT2D eigenvalue weighted by atomic mass is 10.2. The Labute approximate surface area is 97.0 Å². The number of aliphatic hydroxyl groups excluding tert-OH is 1. The Balaban J connectivity index is 2.40. The second kappa shape index (κ2) is 5.85. The van der Waals surface area contributed by atoms with E-state index in [-0.39, 0.29) is 6.54 Å². The van der Waals surface area contributed by atoms with Gasteiger partial charge in [0.2, 0.25) is 0 Å². The van der Waals surface area contributed by atoms with E-state index in [1.165, 1.54) is 13.1 Å². The van der Waals surface area contributed by atoms with Crippen molar-refractivity contribution >= 4 is 12.0 Å². The molecule has 8 heteroatoms. The van der Waals surface area contributed by atoms with Gasteiger partial charge in [0.25, 0.3) is 0 Å². The molecule has 17 heavy (non-hydrogen) atoms. The van der Waals surface area contributed by atoms with Crippen LogP contribution >= 0.6 is 0 Å². The molecule has 0 spiro atoms. The highest BCUT2D eigenvalue weighted by molar-refractivity contribution is 5.82. The first-order valence-electron chi connectivity index (χ1n) is 4.93. The molecule has 2 unspecified atom stereocenters. The first kappa shape index (κ1) is 13.0. The third-order valence-electron chi connectivity index (χ3n) is 2.04. The van der Waals surface area contributed by atoms with Gasteiger partial charge in [0.1, 0.15) is 0 Å². The average molecular weight is 242 g/mol. The van der Waals surface area contributed by atoms with E-state index in [2.05, 4.69) is 20.8 Å². The van der Waals surface area contributed by atoms with Gasteiger partial charge in [-0.25, -0.2) is 9.59 Å². The predicted molar refractivity (Wildman–Crippen MR) is 57.1 cm³/mol. The summed E-state index contributed by atoms with van der Waals surface area (Å²) in [5.74, 6) is -1.29. The van der Waals surface area contributed by atoms with Crippen molar-refractivity contribution < 1.29 is 19.8 Å². The molecule has 0 bridgehead atoms. The van der Waals surface area contributed by atoms with Gasteiger partial charge in [-0.1, -0.05) is 0 Å². The summed E-state index contributed by atoms with van der Waals surface area (Å²) in [6.45, 7) is 1.50. The number of carboxylic acid groups (broad SMARTS) is 1. The summed E-state index contributed by atoms with van der Waals surface area (Å²) in [6, 6.07) is -2.00. The number of aromatic amines is 1. The van der Waals surface area contributed by atoms with E-state index in [1.54, 1.807) is 6.20 Å². The normalized spacial score (nSPS) is 13.8. The minimum absolute atomic E-state index is 0.217. The number of aliphatic carboxylic acids is 1. The van der Waals surface area contributed by atoms with E-state index >= 15 is 0 Å². The molecule has 1 aromatic rings. The van der Waals surface area contributed by atoms with Gasteiger partial charge in [0, 0.05) is 18.3 Å². The molecular formula is C9H14N4O4. The number of hydrogen-bond donors (Lipinski definition) is 5. The van der Waals surface area contributed by atoms with Crippen molar-refractivity contribution in [3.05, 3.63) is 18.0 Å². The highest BCUT2D eigenvalue weighted by Gasteiger charge is 2.24. The number of nitrogens with one attached hydrogen (secondary N) is 3. The Hall–Kier alpha value is -2.09. The molecular weight excluding hydrogens is 228 g/mol. The maximum atomic E-state index is 11.3. The van der Waals surface area contributed by atoms with Crippen LogP contribution in [0.2, 0.25) is 0 Å². The van der Waals surface area contributed by atoms with Gasteiger partial charge in [-0.15, -0.1) is 0 Å². The summed E-state index contributed by atoms with van der Waals surface area (Å²) >= 11 is 0. The molecule has 0 fully saturated rings. The fourth-order valence-corrected chi connectivity index (χ4v) is 1.14. The van der Waals surface area contributed by atoms with E-state index in [1.807, 2.05) is 0 Å². The number of carbonyl (C=O) groups excluding carboxylic acids is 1. The van der Waals surface area contributed by atoms with Crippen LogP contribution in [-0.2, 0) is 11.3 Å². The summed E-state index contributed by atoms with van der Waals surface area (Å²) in [6.07, 6.45) is 1.96. The fraction of sp³-hybridized carbons (Fsp3) is 0.444. The maximum absolute atomic E-state index is 11.3. The second-order valence-electron chi connectivity index (χ2n) is 3.49. The highest BCUT2D eigenvalue weighted by atomic mass is 16.4. The summed E-state index contributed by atoms with van der Waals surface area (Å²) < 4.78 is 0. The number of amides is 2. The summed E-state index contributed by atoms with van der Waals surface area (Å²) in [7, 11) is 0. The smallest absolute Gasteiger partial charge is 0.328 e. The summed E-state index contributed by atoms with van der Waals surface area (Å²) in [5, 5.41) is 28.7. The number of H-pyrrole nitrogens is 1. The molecule has 0 aliphatic heterocycles. The lowest BCUT2D eigenvalue weighted by molar-refractivity contribution is -0.141. The zero-order valence-electron chi connectivity index (χ0n) is 9.17. The first-order chi connectivity index (χ1) is 8.00. The van der Waals surface area contributed by atoms with Gasteiger partial charge >= 0.3 is 12.0 Å². The van der Waals surface area contributed by atoms with Crippen molar-refractivity contribution in [3.8, 4) is 0 Å². The molecule has 94 valence electrons. The van der Waals surface area contributed by atoms with Crippen LogP contribution in [0.25, 0.3) is 0 Å². The Morgan fingerprint density at radius 2 is 2.29 bits per heavy atom. The monoisotopic (exact) mass is 242 g/mol. The topological polar surface area (TPSA) is 127 Å². The molecule has 0 aromatic carbocycles. The van der Waals surface area contributed by atoms with Crippen LogP contribution < -0.4 is 10.6 Å². The number of aromatic nitrogens is 2. The Bertz CT molecular complexity index is 376. The number of nitrogens with zero attached hydrogens (tertiary/aromatic N) is 1. The molecule has 1 rings (SSSR count). The molecule has 0 aliphatic carbocycles. The fourth-order valence-electron chi connectivity index (χ4n) is 1.14. The Morgan fingerprint density at radius 1 is 1.59 bits per heavy atom. The van der Waals surface area contributed by atoms with Crippen LogP contribution in [0.15, 0.2) is 12.4 Å². The van der Waals surface area contributed by atoms with Crippen molar-refractivity contribution in [2.75, 3.05) is 0 Å². The molecule has 2 amide bonds. The molecule has 8 nitrogen and oxygen atoms in total. The number of urea groups is 1. The Morgan fingerprint density at radius 3 is 2.76 bits per heavy atom. The van der Waals surface area contributed by atoms with Gasteiger partial charge < -0.3 is 20.8 Å². The minimum Gasteiger partial charge on any atom is -0.480 e. The van der Waals surface area contributed by atoms with Crippen LogP contribution in [-0.4, -0.2) is 44.6 Å². The zero-order valence-corrected chi connectivity index (χ0v) is 9.17. The average Bonchev–Trinajstić information content (AvgIpc) is 2.74. The number of carbonyl (C=O) groups is 2. The van der Waals surface area contributed by atoms with E-state index in [0.717, 1.165) is 5.56 Å².